The fourth-order valence-electron chi connectivity index (χ4n) is 4.16. The molecule has 0 saturated carbocycles. The van der Waals surface area contributed by atoms with Gasteiger partial charge in [-0.05, 0) is 47.7 Å². The van der Waals surface area contributed by atoms with Crippen LogP contribution in [-0.2, 0) is 19.4 Å². The number of rotatable bonds is 3. The van der Waals surface area contributed by atoms with Crippen molar-refractivity contribution in [3.8, 4) is 17.2 Å². The largest absolute Gasteiger partial charge is 0.504 e. The Morgan fingerprint density at radius 1 is 1.20 bits per heavy atom. The van der Waals surface area contributed by atoms with Gasteiger partial charge in [0.15, 0.2) is 17.8 Å². The summed E-state index contributed by atoms with van der Waals surface area (Å²) in [5, 5.41) is 10.2. The Morgan fingerprint density at radius 3 is 2.76 bits per heavy atom. The summed E-state index contributed by atoms with van der Waals surface area (Å²) in [6.45, 7) is 1.68. The number of aromatic hydroxyl groups is 1. The van der Waals surface area contributed by atoms with Crippen molar-refractivity contribution in [3.05, 3.63) is 52.1 Å². The van der Waals surface area contributed by atoms with Crippen LogP contribution in [0.1, 0.15) is 38.7 Å². The van der Waals surface area contributed by atoms with Gasteiger partial charge in [-0.15, -0.1) is 0 Å². The van der Waals surface area contributed by atoms with Crippen molar-refractivity contribution in [1.82, 2.24) is 4.90 Å². The maximum atomic E-state index is 11.3. The third-order valence-corrected chi connectivity index (χ3v) is 5.40. The number of benzene rings is 2. The van der Waals surface area contributed by atoms with Crippen LogP contribution in [0.15, 0.2) is 24.3 Å². The van der Waals surface area contributed by atoms with Crippen molar-refractivity contribution in [2.75, 3.05) is 20.8 Å². The van der Waals surface area contributed by atoms with Gasteiger partial charge < -0.3 is 14.6 Å². The highest BCUT2D eigenvalue weighted by Crippen LogP contribution is 2.44. The third-order valence-electron chi connectivity index (χ3n) is 5.40. The summed E-state index contributed by atoms with van der Waals surface area (Å²) in [4.78, 5) is 13.7. The molecule has 2 aliphatic rings. The quantitative estimate of drug-likeness (QED) is 0.872. The van der Waals surface area contributed by atoms with E-state index in [0.717, 1.165) is 43.3 Å². The van der Waals surface area contributed by atoms with Crippen LogP contribution in [-0.4, -0.2) is 37.1 Å². The first-order chi connectivity index (χ1) is 12.2. The molecule has 2 heterocycles. The van der Waals surface area contributed by atoms with Crippen molar-refractivity contribution in [2.24, 2.45) is 0 Å². The topological polar surface area (TPSA) is 59.0 Å². The zero-order chi connectivity index (χ0) is 17.6. The van der Waals surface area contributed by atoms with Crippen molar-refractivity contribution in [3.63, 3.8) is 0 Å². The number of methoxy groups -OCH3 is 2. The Balaban J connectivity index is 1.77. The molecule has 5 heteroatoms. The molecule has 0 aliphatic carbocycles. The number of nitrogens with zero attached hydrogens (tertiary/aromatic N) is 1. The molecule has 2 aliphatic heterocycles. The van der Waals surface area contributed by atoms with Crippen LogP contribution >= 0.6 is 0 Å². The zero-order valence-corrected chi connectivity index (χ0v) is 14.4. The van der Waals surface area contributed by atoms with Gasteiger partial charge in [0.1, 0.15) is 5.75 Å². The molecular formula is C20H21NO4. The predicted octanol–water partition coefficient (Wildman–Crippen LogP) is 2.88. The van der Waals surface area contributed by atoms with E-state index in [2.05, 4.69) is 4.90 Å². The molecule has 0 radical (unpaired) electrons. The summed E-state index contributed by atoms with van der Waals surface area (Å²) < 4.78 is 10.8. The number of phenolic OH excluding ortho intramolecular Hbond substituents is 1. The Kier molecular flexibility index (Phi) is 3.88. The van der Waals surface area contributed by atoms with Crippen LogP contribution in [0.3, 0.4) is 0 Å². The van der Waals surface area contributed by atoms with Crippen LogP contribution in [0, 0.1) is 0 Å². The van der Waals surface area contributed by atoms with Gasteiger partial charge in [-0.3, -0.25) is 9.69 Å². The molecule has 0 aromatic heterocycles. The molecule has 4 rings (SSSR count). The van der Waals surface area contributed by atoms with Gasteiger partial charge in [0.05, 0.1) is 19.8 Å². The summed E-state index contributed by atoms with van der Waals surface area (Å²) in [7, 11) is 3.19. The number of fused-ring (bicyclic) bond motifs is 4. The van der Waals surface area contributed by atoms with Crippen LogP contribution in [0.25, 0.3) is 0 Å². The minimum atomic E-state index is 0.183. The van der Waals surface area contributed by atoms with Gasteiger partial charge in [-0.1, -0.05) is 6.07 Å². The summed E-state index contributed by atoms with van der Waals surface area (Å²) in [5.74, 6) is 1.40. The Morgan fingerprint density at radius 2 is 2.04 bits per heavy atom. The van der Waals surface area contributed by atoms with E-state index < -0.39 is 0 Å². The summed E-state index contributed by atoms with van der Waals surface area (Å²) in [5.41, 5.74) is 5.29. The second kappa shape index (κ2) is 6.08. The SMILES string of the molecule is COc1cc2c(cc1O)[C@H]1Cc3ccc(C=O)c(OC)c3CN1CC2. The number of hydrogen-bond donors (Lipinski definition) is 1. The molecule has 25 heavy (non-hydrogen) atoms. The lowest BCUT2D eigenvalue weighted by molar-refractivity contribution is 0.111. The van der Waals surface area contributed by atoms with Gasteiger partial charge in [-0.2, -0.15) is 0 Å². The van der Waals surface area contributed by atoms with Gasteiger partial charge in [-0.25, -0.2) is 0 Å². The second-order valence-electron chi connectivity index (χ2n) is 6.61. The first kappa shape index (κ1) is 16.0. The van der Waals surface area contributed by atoms with Crippen LogP contribution in [0.5, 0.6) is 17.2 Å². The number of aldehydes is 1. The van der Waals surface area contributed by atoms with E-state index in [1.807, 2.05) is 24.3 Å². The average molecular weight is 339 g/mol. The smallest absolute Gasteiger partial charge is 0.160 e. The number of carbonyl (C=O) groups excluding carboxylic acids is 1. The highest BCUT2D eigenvalue weighted by atomic mass is 16.5. The maximum Gasteiger partial charge on any atom is 0.160 e. The minimum absolute atomic E-state index is 0.183. The fraction of sp³-hybridized carbons (Fsp3) is 0.350. The molecular weight excluding hydrogens is 318 g/mol. The molecule has 5 nitrogen and oxygen atoms in total. The van der Waals surface area contributed by atoms with Crippen molar-refractivity contribution < 1.29 is 19.4 Å². The molecule has 0 unspecified atom stereocenters. The molecule has 130 valence electrons. The van der Waals surface area contributed by atoms with Crippen molar-refractivity contribution in [1.29, 1.82) is 0 Å². The minimum Gasteiger partial charge on any atom is -0.504 e. The molecule has 0 amide bonds. The van der Waals surface area contributed by atoms with Crippen LogP contribution in [0.2, 0.25) is 0 Å². The van der Waals surface area contributed by atoms with E-state index in [1.165, 1.54) is 11.1 Å². The Labute approximate surface area is 146 Å². The summed E-state index contributed by atoms with van der Waals surface area (Å²) in [6.07, 6.45) is 2.60. The molecule has 0 bridgehead atoms. The summed E-state index contributed by atoms with van der Waals surface area (Å²) >= 11 is 0. The molecule has 2 aromatic carbocycles. The second-order valence-corrected chi connectivity index (χ2v) is 6.61. The molecule has 0 spiro atoms. The van der Waals surface area contributed by atoms with Crippen LogP contribution < -0.4 is 9.47 Å². The van der Waals surface area contributed by atoms with Crippen molar-refractivity contribution in [2.45, 2.75) is 25.4 Å². The zero-order valence-electron chi connectivity index (χ0n) is 14.4. The number of ether oxygens (including phenoxy) is 2. The lowest BCUT2D eigenvalue weighted by Gasteiger charge is -2.42. The number of carbonyl (C=O) groups is 1. The molecule has 0 fully saturated rings. The van der Waals surface area contributed by atoms with E-state index in [9.17, 15) is 9.90 Å². The summed E-state index contributed by atoms with van der Waals surface area (Å²) in [6, 6.07) is 7.87. The van der Waals surface area contributed by atoms with E-state index in [0.29, 0.717) is 17.1 Å². The van der Waals surface area contributed by atoms with Crippen molar-refractivity contribution >= 4 is 6.29 Å². The van der Waals surface area contributed by atoms with E-state index >= 15 is 0 Å². The standard InChI is InChI=1S/C20H21NO4/c1-24-19-8-13-5-6-21-10-16-12(3-4-14(11-22)20(16)25-2)7-17(21)15(13)9-18(19)23/h3-4,8-9,11,17,23H,5-7,10H2,1-2H3/t17-/m1/s1. The lowest BCUT2D eigenvalue weighted by atomic mass is 9.83. The molecule has 2 aromatic rings. The molecule has 1 atom stereocenters. The normalized spacial score (nSPS) is 18.7. The van der Waals surface area contributed by atoms with Gasteiger partial charge in [0.2, 0.25) is 0 Å². The van der Waals surface area contributed by atoms with E-state index in [-0.39, 0.29) is 11.8 Å². The lowest BCUT2D eigenvalue weighted by Crippen LogP contribution is -2.39. The Bertz CT molecular complexity index is 846. The van der Waals surface area contributed by atoms with E-state index in [4.69, 9.17) is 9.47 Å². The Hall–Kier alpha value is -2.53. The first-order valence-corrected chi connectivity index (χ1v) is 8.44. The maximum absolute atomic E-state index is 11.3. The van der Waals surface area contributed by atoms with Gasteiger partial charge in [0, 0.05) is 24.7 Å². The monoisotopic (exact) mass is 339 g/mol. The number of phenols is 1. The predicted molar refractivity (Wildman–Crippen MR) is 93.6 cm³/mol. The highest BCUT2D eigenvalue weighted by molar-refractivity contribution is 5.80. The fourth-order valence-corrected chi connectivity index (χ4v) is 4.16. The number of hydrogen-bond acceptors (Lipinski definition) is 5. The first-order valence-electron chi connectivity index (χ1n) is 8.44. The van der Waals surface area contributed by atoms with E-state index in [1.54, 1.807) is 14.2 Å². The average Bonchev–Trinajstić information content (AvgIpc) is 2.65. The molecule has 0 saturated heterocycles. The highest BCUT2D eigenvalue weighted by Gasteiger charge is 2.34. The van der Waals surface area contributed by atoms with Crippen LogP contribution in [0.4, 0.5) is 0 Å². The van der Waals surface area contributed by atoms with Gasteiger partial charge in [0.25, 0.3) is 0 Å². The third kappa shape index (κ3) is 2.46. The molecule has 1 N–H and O–H groups in total. The van der Waals surface area contributed by atoms with Gasteiger partial charge >= 0.3 is 0 Å².